The van der Waals surface area contributed by atoms with Gasteiger partial charge in [-0.2, -0.15) is 0 Å². The summed E-state index contributed by atoms with van der Waals surface area (Å²) in [4.78, 5) is 11.6. The van der Waals surface area contributed by atoms with E-state index in [-0.39, 0.29) is 12.0 Å². The van der Waals surface area contributed by atoms with E-state index in [0.29, 0.717) is 12.3 Å². The van der Waals surface area contributed by atoms with Crippen molar-refractivity contribution in [3.63, 3.8) is 0 Å². The number of amides is 1. The van der Waals surface area contributed by atoms with Gasteiger partial charge in [-0.1, -0.05) is 26.0 Å². The third kappa shape index (κ3) is 4.46. The summed E-state index contributed by atoms with van der Waals surface area (Å²) in [5, 5.41) is 2.98. The van der Waals surface area contributed by atoms with E-state index in [1.165, 1.54) is 5.56 Å². The zero-order valence-electron chi connectivity index (χ0n) is 14.0. The number of aryl methyl sites for hydroxylation is 1. The van der Waals surface area contributed by atoms with Crippen molar-refractivity contribution < 1.29 is 9.53 Å². The average molecular weight is 292 g/mol. The van der Waals surface area contributed by atoms with Crippen LogP contribution in [0.2, 0.25) is 0 Å². The Balaban J connectivity index is 2.86. The van der Waals surface area contributed by atoms with Gasteiger partial charge in [0.15, 0.2) is 0 Å². The molecule has 0 saturated heterocycles. The smallest absolute Gasteiger partial charge is 0.237 e. The molecule has 0 aliphatic carbocycles. The zero-order chi connectivity index (χ0) is 16.2. The molecule has 0 bridgehead atoms. The number of ether oxygens (including phenoxy) is 1. The van der Waals surface area contributed by atoms with Gasteiger partial charge >= 0.3 is 0 Å². The Morgan fingerprint density at radius 3 is 2.48 bits per heavy atom. The fraction of sp³-hybridized carbons (Fsp3) is 0.588. The van der Waals surface area contributed by atoms with Gasteiger partial charge in [0, 0.05) is 6.42 Å². The van der Waals surface area contributed by atoms with Crippen molar-refractivity contribution in [2.45, 2.75) is 58.6 Å². The third-order valence-corrected chi connectivity index (χ3v) is 4.00. The highest BCUT2D eigenvalue weighted by molar-refractivity contribution is 5.84. The molecular weight excluding hydrogens is 264 g/mol. The fourth-order valence-electron chi connectivity index (χ4n) is 2.26. The van der Waals surface area contributed by atoms with E-state index in [0.717, 1.165) is 11.3 Å². The minimum atomic E-state index is -0.761. The molecule has 4 nitrogen and oxygen atoms in total. The lowest BCUT2D eigenvalue weighted by molar-refractivity contribution is -0.124. The van der Waals surface area contributed by atoms with Crippen molar-refractivity contribution in [2.24, 2.45) is 5.73 Å². The molecule has 3 N–H and O–H groups in total. The number of primary amides is 1. The second kappa shape index (κ2) is 6.94. The molecule has 118 valence electrons. The van der Waals surface area contributed by atoms with Crippen LogP contribution in [0.25, 0.3) is 0 Å². The van der Waals surface area contributed by atoms with Gasteiger partial charge in [-0.25, -0.2) is 0 Å². The van der Waals surface area contributed by atoms with E-state index in [1.54, 1.807) is 14.0 Å². The molecule has 2 atom stereocenters. The van der Waals surface area contributed by atoms with E-state index in [9.17, 15) is 4.79 Å². The Kier molecular flexibility index (Phi) is 5.78. The topological polar surface area (TPSA) is 64.3 Å². The first-order valence-electron chi connectivity index (χ1n) is 7.45. The molecule has 0 aliphatic rings. The van der Waals surface area contributed by atoms with Gasteiger partial charge in [0.2, 0.25) is 5.91 Å². The van der Waals surface area contributed by atoms with Crippen LogP contribution in [0.3, 0.4) is 0 Å². The molecule has 0 saturated carbocycles. The molecule has 21 heavy (non-hydrogen) atoms. The molecule has 1 aromatic rings. The Labute approximate surface area is 128 Å². The standard InChI is InChI=1S/C17H28N2O2/c1-11(2)14-8-7-12(3)15(9-14)21-13(4)10-17(5,19-6)16(18)20/h7-9,11,13,19H,10H2,1-6H3,(H2,18,20). The van der Waals surface area contributed by atoms with Gasteiger partial charge in [0.1, 0.15) is 5.75 Å². The van der Waals surface area contributed by atoms with Crippen molar-refractivity contribution in [3.05, 3.63) is 29.3 Å². The number of rotatable bonds is 7. The van der Waals surface area contributed by atoms with Crippen LogP contribution in [0, 0.1) is 6.92 Å². The Morgan fingerprint density at radius 2 is 2.00 bits per heavy atom. The number of nitrogens with one attached hydrogen (secondary N) is 1. The van der Waals surface area contributed by atoms with E-state index >= 15 is 0 Å². The first-order chi connectivity index (χ1) is 9.69. The predicted octanol–water partition coefficient (Wildman–Crippen LogP) is 2.74. The molecule has 1 amide bonds. The van der Waals surface area contributed by atoms with Crippen LogP contribution >= 0.6 is 0 Å². The van der Waals surface area contributed by atoms with E-state index < -0.39 is 5.54 Å². The molecule has 0 heterocycles. The maximum absolute atomic E-state index is 11.6. The molecule has 0 aromatic heterocycles. The Bertz CT molecular complexity index is 500. The van der Waals surface area contributed by atoms with Gasteiger partial charge in [-0.15, -0.1) is 0 Å². The number of carbonyl (C=O) groups excluding carboxylic acids is 1. The monoisotopic (exact) mass is 292 g/mol. The average Bonchev–Trinajstić information content (AvgIpc) is 2.40. The maximum Gasteiger partial charge on any atom is 0.237 e. The zero-order valence-corrected chi connectivity index (χ0v) is 14.0. The van der Waals surface area contributed by atoms with Crippen molar-refractivity contribution in [1.29, 1.82) is 0 Å². The summed E-state index contributed by atoms with van der Waals surface area (Å²) in [6.07, 6.45) is 0.403. The molecule has 0 aliphatic heterocycles. The van der Waals surface area contributed by atoms with Crippen LogP contribution in [0.15, 0.2) is 18.2 Å². The quantitative estimate of drug-likeness (QED) is 0.812. The number of nitrogens with two attached hydrogens (primary N) is 1. The highest BCUT2D eigenvalue weighted by Gasteiger charge is 2.31. The minimum absolute atomic E-state index is 0.115. The number of hydrogen-bond acceptors (Lipinski definition) is 3. The van der Waals surface area contributed by atoms with Gasteiger partial charge in [0.25, 0.3) is 0 Å². The van der Waals surface area contributed by atoms with Crippen molar-refractivity contribution in [1.82, 2.24) is 5.32 Å². The lowest BCUT2D eigenvalue weighted by Gasteiger charge is -2.29. The summed E-state index contributed by atoms with van der Waals surface area (Å²) in [6, 6.07) is 6.28. The minimum Gasteiger partial charge on any atom is -0.490 e. The molecule has 0 radical (unpaired) electrons. The number of carbonyl (C=O) groups is 1. The normalized spacial score (nSPS) is 15.6. The summed E-state index contributed by atoms with van der Waals surface area (Å²) >= 11 is 0. The van der Waals surface area contributed by atoms with Gasteiger partial charge in [0.05, 0.1) is 11.6 Å². The summed E-state index contributed by atoms with van der Waals surface area (Å²) < 4.78 is 6.04. The predicted molar refractivity (Wildman–Crippen MR) is 86.6 cm³/mol. The second-order valence-electron chi connectivity index (χ2n) is 6.26. The molecule has 0 spiro atoms. The molecule has 0 fully saturated rings. The van der Waals surface area contributed by atoms with E-state index in [4.69, 9.17) is 10.5 Å². The van der Waals surface area contributed by atoms with Crippen LogP contribution in [-0.2, 0) is 4.79 Å². The fourth-order valence-corrected chi connectivity index (χ4v) is 2.26. The first-order valence-corrected chi connectivity index (χ1v) is 7.45. The molecule has 2 unspecified atom stereocenters. The highest BCUT2D eigenvalue weighted by Crippen LogP contribution is 2.26. The largest absolute Gasteiger partial charge is 0.490 e. The van der Waals surface area contributed by atoms with Crippen LogP contribution in [0.4, 0.5) is 0 Å². The summed E-state index contributed by atoms with van der Waals surface area (Å²) in [5.41, 5.74) is 7.04. The van der Waals surface area contributed by atoms with Crippen molar-refractivity contribution >= 4 is 5.91 Å². The lowest BCUT2D eigenvalue weighted by atomic mass is 9.94. The third-order valence-electron chi connectivity index (χ3n) is 4.00. The van der Waals surface area contributed by atoms with Crippen molar-refractivity contribution in [2.75, 3.05) is 7.05 Å². The number of hydrogen-bond donors (Lipinski definition) is 2. The van der Waals surface area contributed by atoms with Crippen LogP contribution in [-0.4, -0.2) is 24.6 Å². The van der Waals surface area contributed by atoms with Crippen molar-refractivity contribution in [3.8, 4) is 5.75 Å². The SMILES string of the molecule is CNC(C)(CC(C)Oc1cc(C(C)C)ccc1C)C(N)=O. The van der Waals surface area contributed by atoms with Gasteiger partial charge < -0.3 is 15.8 Å². The summed E-state index contributed by atoms with van der Waals surface area (Å²) in [5.74, 6) is 0.959. The molecule has 4 heteroatoms. The first kappa shape index (κ1) is 17.5. The Morgan fingerprint density at radius 1 is 1.38 bits per heavy atom. The maximum atomic E-state index is 11.6. The number of likely N-dealkylation sites (N-methyl/N-ethyl adjacent to an activating group) is 1. The highest BCUT2D eigenvalue weighted by atomic mass is 16.5. The molecule has 1 aromatic carbocycles. The Hall–Kier alpha value is -1.55. The van der Waals surface area contributed by atoms with Gasteiger partial charge in [-0.05, 0) is 50.9 Å². The van der Waals surface area contributed by atoms with E-state index in [2.05, 4.69) is 37.4 Å². The second-order valence-corrected chi connectivity index (χ2v) is 6.26. The summed E-state index contributed by atoms with van der Waals surface area (Å²) in [6.45, 7) is 10.1. The molecule has 1 rings (SSSR count). The number of benzene rings is 1. The van der Waals surface area contributed by atoms with E-state index in [1.807, 2.05) is 13.8 Å². The van der Waals surface area contributed by atoms with Crippen LogP contribution in [0.1, 0.15) is 51.2 Å². The lowest BCUT2D eigenvalue weighted by Crippen LogP contribution is -2.53. The van der Waals surface area contributed by atoms with Crippen LogP contribution in [0.5, 0.6) is 5.75 Å². The van der Waals surface area contributed by atoms with Gasteiger partial charge in [-0.3, -0.25) is 4.79 Å². The molecular formula is C17H28N2O2. The summed E-state index contributed by atoms with van der Waals surface area (Å²) in [7, 11) is 1.74. The van der Waals surface area contributed by atoms with Crippen LogP contribution < -0.4 is 15.8 Å².